The summed E-state index contributed by atoms with van der Waals surface area (Å²) in [6.45, 7) is 3.90. The molecule has 29 heavy (non-hydrogen) atoms. The molecule has 1 aromatic carbocycles. The summed E-state index contributed by atoms with van der Waals surface area (Å²) in [7, 11) is 6.67. The van der Waals surface area contributed by atoms with Crippen LogP contribution in [-0.2, 0) is 6.54 Å². The summed E-state index contributed by atoms with van der Waals surface area (Å²) < 4.78 is 16.3. The molecule has 1 aliphatic rings. The van der Waals surface area contributed by atoms with Gasteiger partial charge in [-0.05, 0) is 12.1 Å². The lowest BCUT2D eigenvalue weighted by Crippen LogP contribution is -2.52. The number of nitrogens with zero attached hydrogens (tertiary/aromatic N) is 5. The lowest BCUT2D eigenvalue weighted by atomic mass is 10.1. The number of hydrogen-bond acceptors (Lipinski definition) is 7. The third kappa shape index (κ3) is 4.79. The number of hydrogen-bond donors (Lipinski definition) is 1. The fourth-order valence-corrected chi connectivity index (χ4v) is 3.31. The molecule has 1 N–H and O–H groups in total. The summed E-state index contributed by atoms with van der Waals surface area (Å²) in [5.74, 6) is 3.64. The number of aliphatic imine (C=N–C) groups is 1. The van der Waals surface area contributed by atoms with Gasteiger partial charge in [0.1, 0.15) is 5.75 Å². The molecular formula is C20H28N6O3. The molecule has 0 radical (unpaired) electrons. The number of ether oxygens (including phenoxy) is 3. The summed E-state index contributed by atoms with van der Waals surface area (Å²) in [5, 5.41) is 3.42. The van der Waals surface area contributed by atoms with Gasteiger partial charge in [-0.2, -0.15) is 0 Å². The van der Waals surface area contributed by atoms with Crippen molar-refractivity contribution in [2.45, 2.75) is 6.54 Å². The van der Waals surface area contributed by atoms with E-state index in [2.05, 4.69) is 30.1 Å². The minimum absolute atomic E-state index is 0.554. The van der Waals surface area contributed by atoms with Gasteiger partial charge in [0.25, 0.3) is 0 Å². The number of methoxy groups -OCH3 is 3. The Hall–Kier alpha value is -3.23. The van der Waals surface area contributed by atoms with Crippen molar-refractivity contribution in [2.75, 3.05) is 59.5 Å². The van der Waals surface area contributed by atoms with Gasteiger partial charge in [0.15, 0.2) is 17.5 Å². The van der Waals surface area contributed by atoms with E-state index in [0.29, 0.717) is 18.0 Å². The van der Waals surface area contributed by atoms with E-state index in [4.69, 9.17) is 14.2 Å². The number of nitrogens with one attached hydrogen (secondary N) is 1. The van der Waals surface area contributed by atoms with Crippen LogP contribution >= 0.6 is 0 Å². The molecule has 2 aromatic rings. The monoisotopic (exact) mass is 400 g/mol. The Labute approximate surface area is 171 Å². The second kappa shape index (κ2) is 9.81. The van der Waals surface area contributed by atoms with Crippen LogP contribution < -0.4 is 24.4 Å². The molecular weight excluding hydrogens is 372 g/mol. The smallest absolute Gasteiger partial charge is 0.225 e. The highest BCUT2D eigenvalue weighted by Crippen LogP contribution is 2.34. The maximum atomic E-state index is 5.51. The molecule has 1 aromatic heterocycles. The van der Waals surface area contributed by atoms with E-state index in [1.165, 1.54) is 0 Å². The normalized spacial score (nSPS) is 14.6. The molecule has 0 unspecified atom stereocenters. The molecule has 2 heterocycles. The van der Waals surface area contributed by atoms with Crippen LogP contribution in [0.4, 0.5) is 5.95 Å². The number of piperazine rings is 1. The highest BCUT2D eigenvalue weighted by atomic mass is 16.5. The molecule has 0 spiro atoms. The van der Waals surface area contributed by atoms with E-state index in [9.17, 15) is 0 Å². The predicted octanol–water partition coefficient (Wildman–Crippen LogP) is 1.40. The molecule has 0 atom stereocenters. The Morgan fingerprint density at radius 3 is 2.17 bits per heavy atom. The number of rotatable bonds is 6. The summed E-state index contributed by atoms with van der Waals surface area (Å²) in [5.41, 5.74) is 0.961. The molecule has 3 rings (SSSR count). The van der Waals surface area contributed by atoms with Crippen LogP contribution in [0.5, 0.6) is 17.2 Å². The fourth-order valence-electron chi connectivity index (χ4n) is 3.31. The lowest BCUT2D eigenvalue weighted by Gasteiger charge is -2.36. The molecule has 0 amide bonds. The highest BCUT2D eigenvalue weighted by Gasteiger charge is 2.21. The summed E-state index contributed by atoms with van der Waals surface area (Å²) >= 11 is 0. The van der Waals surface area contributed by atoms with Gasteiger partial charge in [-0.25, -0.2) is 9.97 Å². The predicted molar refractivity (Wildman–Crippen MR) is 112 cm³/mol. The fraction of sp³-hybridized carbons (Fsp3) is 0.450. The number of benzene rings is 1. The van der Waals surface area contributed by atoms with Gasteiger partial charge < -0.3 is 29.3 Å². The lowest BCUT2D eigenvalue weighted by molar-refractivity contribution is 0.346. The molecule has 0 saturated carbocycles. The zero-order chi connectivity index (χ0) is 20.6. The molecule has 1 saturated heterocycles. The van der Waals surface area contributed by atoms with Crippen LogP contribution in [-0.4, -0.2) is 75.4 Å². The minimum atomic E-state index is 0.554. The van der Waals surface area contributed by atoms with E-state index in [0.717, 1.165) is 49.4 Å². The Morgan fingerprint density at radius 1 is 0.966 bits per heavy atom. The van der Waals surface area contributed by atoms with Crippen molar-refractivity contribution in [3.05, 3.63) is 36.2 Å². The summed E-state index contributed by atoms with van der Waals surface area (Å²) in [4.78, 5) is 17.5. The Morgan fingerprint density at radius 2 is 1.59 bits per heavy atom. The Balaban J connectivity index is 1.63. The second-order valence-electron chi connectivity index (χ2n) is 6.44. The molecule has 0 aliphatic carbocycles. The SMILES string of the molecule is CN=C(NCc1cc(OC)c(OC)cc1OC)N1CCN(c2ncccn2)CC1. The first kappa shape index (κ1) is 20.5. The first-order chi connectivity index (χ1) is 14.2. The number of aromatic nitrogens is 2. The molecule has 1 aliphatic heterocycles. The average molecular weight is 400 g/mol. The summed E-state index contributed by atoms with van der Waals surface area (Å²) in [6, 6.07) is 5.58. The summed E-state index contributed by atoms with van der Waals surface area (Å²) in [6.07, 6.45) is 3.54. The number of guanidine groups is 1. The van der Waals surface area contributed by atoms with E-state index >= 15 is 0 Å². The minimum Gasteiger partial charge on any atom is -0.496 e. The molecule has 9 nitrogen and oxygen atoms in total. The van der Waals surface area contributed by atoms with E-state index in [-0.39, 0.29) is 0 Å². The van der Waals surface area contributed by atoms with Gasteiger partial charge >= 0.3 is 0 Å². The average Bonchev–Trinajstić information content (AvgIpc) is 2.80. The Bertz CT molecular complexity index is 822. The van der Waals surface area contributed by atoms with Crippen LogP contribution in [0.2, 0.25) is 0 Å². The van der Waals surface area contributed by atoms with Crippen molar-refractivity contribution >= 4 is 11.9 Å². The van der Waals surface area contributed by atoms with Crippen molar-refractivity contribution < 1.29 is 14.2 Å². The van der Waals surface area contributed by atoms with Crippen molar-refractivity contribution in [1.82, 2.24) is 20.2 Å². The van der Waals surface area contributed by atoms with Crippen molar-refractivity contribution in [3.8, 4) is 17.2 Å². The van der Waals surface area contributed by atoms with Crippen LogP contribution in [0.3, 0.4) is 0 Å². The van der Waals surface area contributed by atoms with Gasteiger partial charge in [0, 0.05) is 63.8 Å². The first-order valence-electron chi connectivity index (χ1n) is 9.46. The zero-order valence-corrected chi connectivity index (χ0v) is 17.4. The first-order valence-corrected chi connectivity index (χ1v) is 9.46. The maximum absolute atomic E-state index is 5.51. The molecule has 156 valence electrons. The van der Waals surface area contributed by atoms with Gasteiger partial charge in [-0.3, -0.25) is 4.99 Å². The quantitative estimate of drug-likeness (QED) is 0.575. The number of anilines is 1. The third-order valence-electron chi connectivity index (χ3n) is 4.85. The van der Waals surface area contributed by atoms with Crippen LogP contribution in [0, 0.1) is 0 Å². The van der Waals surface area contributed by atoms with Gasteiger partial charge in [-0.1, -0.05) is 0 Å². The van der Waals surface area contributed by atoms with Crippen LogP contribution in [0.15, 0.2) is 35.6 Å². The highest BCUT2D eigenvalue weighted by molar-refractivity contribution is 5.80. The second-order valence-corrected chi connectivity index (χ2v) is 6.44. The van der Waals surface area contributed by atoms with Gasteiger partial charge in [0.05, 0.1) is 21.3 Å². The van der Waals surface area contributed by atoms with Crippen LogP contribution in [0.1, 0.15) is 5.56 Å². The van der Waals surface area contributed by atoms with E-state index in [1.807, 2.05) is 18.2 Å². The van der Waals surface area contributed by atoms with E-state index in [1.54, 1.807) is 40.8 Å². The van der Waals surface area contributed by atoms with Crippen molar-refractivity contribution in [1.29, 1.82) is 0 Å². The molecule has 0 bridgehead atoms. The largest absolute Gasteiger partial charge is 0.496 e. The zero-order valence-electron chi connectivity index (χ0n) is 17.4. The van der Waals surface area contributed by atoms with Gasteiger partial charge in [0.2, 0.25) is 5.95 Å². The Kier molecular flexibility index (Phi) is 6.94. The topological polar surface area (TPSA) is 84.3 Å². The van der Waals surface area contributed by atoms with Gasteiger partial charge in [-0.15, -0.1) is 0 Å². The maximum Gasteiger partial charge on any atom is 0.225 e. The van der Waals surface area contributed by atoms with Crippen molar-refractivity contribution in [3.63, 3.8) is 0 Å². The third-order valence-corrected chi connectivity index (χ3v) is 4.85. The standard InChI is InChI=1S/C20H28N6O3/c1-21-19(25-8-10-26(11-9-25)20-22-6-5-7-23-20)24-14-15-12-17(28-3)18(29-4)13-16(15)27-2/h5-7,12-13H,8-11,14H2,1-4H3,(H,21,24). The molecule has 9 heteroatoms. The van der Waals surface area contributed by atoms with Crippen molar-refractivity contribution in [2.24, 2.45) is 4.99 Å². The van der Waals surface area contributed by atoms with Crippen LogP contribution in [0.25, 0.3) is 0 Å². The molecule has 1 fully saturated rings. The van der Waals surface area contributed by atoms with E-state index < -0.39 is 0 Å².